The largest absolute Gasteiger partial charge is 0.346 e. The summed E-state index contributed by atoms with van der Waals surface area (Å²) in [6, 6.07) is 8.88. The molecule has 1 aliphatic carbocycles. The number of aromatic amines is 1. The predicted octanol–water partition coefficient (Wildman–Crippen LogP) is 6.69. The molecule has 0 spiro atoms. The zero-order chi connectivity index (χ0) is 16.4. The quantitative estimate of drug-likeness (QED) is 0.619. The van der Waals surface area contributed by atoms with E-state index in [4.69, 9.17) is 12.2 Å². The van der Waals surface area contributed by atoms with Gasteiger partial charge in [0.05, 0.1) is 0 Å². The van der Waals surface area contributed by atoms with Crippen molar-refractivity contribution in [3.05, 3.63) is 46.6 Å². The van der Waals surface area contributed by atoms with E-state index in [1.54, 1.807) is 0 Å². The Morgan fingerprint density at radius 1 is 1.17 bits per heavy atom. The number of hydrogen-bond donors (Lipinski definition) is 1. The second kappa shape index (κ2) is 7.00. The Morgan fingerprint density at radius 2 is 1.91 bits per heavy atom. The molecule has 1 aliphatic rings. The van der Waals surface area contributed by atoms with Crippen molar-refractivity contribution >= 4 is 28.7 Å². The van der Waals surface area contributed by atoms with Gasteiger partial charge in [-0.1, -0.05) is 45.1 Å². The van der Waals surface area contributed by atoms with Crippen LogP contribution in [0.25, 0.3) is 16.5 Å². The SMILES string of the molecule is C=C(c1ccc2[nH]c(=S)c(CC)cc2c1)C1CCC(CC)CC1. The Labute approximate surface area is 144 Å². The topological polar surface area (TPSA) is 15.8 Å². The van der Waals surface area contributed by atoms with E-state index in [1.807, 2.05) is 0 Å². The number of rotatable bonds is 4. The van der Waals surface area contributed by atoms with Gasteiger partial charge >= 0.3 is 0 Å². The first kappa shape index (κ1) is 16.4. The van der Waals surface area contributed by atoms with Crippen LogP contribution >= 0.6 is 12.2 Å². The highest BCUT2D eigenvalue weighted by atomic mass is 32.1. The maximum atomic E-state index is 5.41. The number of nitrogens with one attached hydrogen (secondary N) is 1. The molecule has 2 aromatic rings. The summed E-state index contributed by atoms with van der Waals surface area (Å²) in [4.78, 5) is 3.35. The molecule has 122 valence electrons. The van der Waals surface area contributed by atoms with Crippen LogP contribution in [0, 0.1) is 16.5 Å². The van der Waals surface area contributed by atoms with Crippen LogP contribution in [0.3, 0.4) is 0 Å². The van der Waals surface area contributed by atoms with Crippen LogP contribution in [-0.4, -0.2) is 4.98 Å². The van der Waals surface area contributed by atoms with Crippen molar-refractivity contribution in [2.75, 3.05) is 0 Å². The summed E-state index contributed by atoms with van der Waals surface area (Å²) >= 11 is 5.41. The summed E-state index contributed by atoms with van der Waals surface area (Å²) in [5.74, 6) is 1.59. The molecule has 0 atom stereocenters. The molecule has 0 aliphatic heterocycles. The highest BCUT2D eigenvalue weighted by Gasteiger charge is 2.22. The minimum Gasteiger partial charge on any atom is -0.346 e. The van der Waals surface area contributed by atoms with Crippen LogP contribution in [0.1, 0.15) is 57.1 Å². The monoisotopic (exact) mass is 325 g/mol. The zero-order valence-electron chi connectivity index (χ0n) is 14.3. The zero-order valence-corrected chi connectivity index (χ0v) is 15.1. The number of benzene rings is 1. The second-order valence-electron chi connectivity index (χ2n) is 6.93. The molecule has 0 bridgehead atoms. The van der Waals surface area contributed by atoms with E-state index in [-0.39, 0.29) is 0 Å². The molecule has 0 radical (unpaired) electrons. The third-order valence-corrected chi connectivity index (χ3v) is 5.95. The second-order valence-corrected chi connectivity index (χ2v) is 7.34. The Balaban J connectivity index is 1.86. The molecule has 1 aromatic heterocycles. The molecular weight excluding hydrogens is 298 g/mol. The molecule has 0 amide bonds. The molecule has 2 heteroatoms. The van der Waals surface area contributed by atoms with Crippen LogP contribution < -0.4 is 0 Å². The summed E-state index contributed by atoms with van der Waals surface area (Å²) in [6.45, 7) is 8.91. The maximum Gasteiger partial charge on any atom is 0.106 e. The molecule has 0 saturated heterocycles. The smallest absolute Gasteiger partial charge is 0.106 e. The van der Waals surface area contributed by atoms with Crippen molar-refractivity contribution in [2.24, 2.45) is 11.8 Å². The predicted molar refractivity (Wildman–Crippen MR) is 103 cm³/mol. The van der Waals surface area contributed by atoms with Crippen molar-refractivity contribution in [2.45, 2.75) is 52.4 Å². The van der Waals surface area contributed by atoms with E-state index < -0.39 is 0 Å². The standard InChI is InChI=1S/C21H27NS/c1-4-15-6-8-17(9-7-15)14(3)18-10-11-20-19(13-18)12-16(5-2)21(23)22-20/h10-13,15,17H,3-9H2,1-2H3,(H,22,23). The fraction of sp³-hybridized carbons (Fsp3) is 0.476. The van der Waals surface area contributed by atoms with E-state index in [0.717, 1.165) is 22.5 Å². The number of hydrogen-bond acceptors (Lipinski definition) is 1. The number of aromatic nitrogens is 1. The van der Waals surface area contributed by atoms with Crippen LogP contribution in [0.4, 0.5) is 0 Å². The first-order valence-corrected chi connectivity index (χ1v) is 9.38. The highest BCUT2D eigenvalue weighted by Crippen LogP contribution is 2.38. The number of allylic oxidation sites excluding steroid dienone is 1. The lowest BCUT2D eigenvalue weighted by Gasteiger charge is -2.29. The average molecular weight is 326 g/mol. The molecule has 1 fully saturated rings. The van der Waals surface area contributed by atoms with Crippen LogP contribution in [-0.2, 0) is 6.42 Å². The maximum absolute atomic E-state index is 5.41. The lowest BCUT2D eigenvalue weighted by Crippen LogP contribution is -2.14. The van der Waals surface area contributed by atoms with Gasteiger partial charge in [0.2, 0.25) is 0 Å². The van der Waals surface area contributed by atoms with E-state index in [2.05, 4.69) is 49.7 Å². The van der Waals surface area contributed by atoms with Gasteiger partial charge in [-0.2, -0.15) is 0 Å². The Kier molecular flexibility index (Phi) is 5.01. The van der Waals surface area contributed by atoms with Gasteiger partial charge in [-0.05, 0) is 84.2 Å². The first-order valence-electron chi connectivity index (χ1n) is 8.97. The third-order valence-electron chi connectivity index (χ3n) is 5.59. The summed E-state index contributed by atoms with van der Waals surface area (Å²) < 4.78 is 0.865. The molecule has 1 N–H and O–H groups in total. The van der Waals surface area contributed by atoms with Crippen molar-refractivity contribution in [3.8, 4) is 0 Å². The number of fused-ring (bicyclic) bond motifs is 1. The van der Waals surface area contributed by atoms with Crippen LogP contribution in [0.2, 0.25) is 0 Å². The number of pyridine rings is 1. The van der Waals surface area contributed by atoms with Gasteiger partial charge in [0.1, 0.15) is 4.64 Å². The van der Waals surface area contributed by atoms with Gasteiger partial charge in [0, 0.05) is 5.52 Å². The van der Waals surface area contributed by atoms with Crippen LogP contribution in [0.15, 0.2) is 30.8 Å². The van der Waals surface area contributed by atoms with E-state index >= 15 is 0 Å². The van der Waals surface area contributed by atoms with Crippen molar-refractivity contribution in [3.63, 3.8) is 0 Å². The van der Waals surface area contributed by atoms with Crippen molar-refractivity contribution < 1.29 is 0 Å². The fourth-order valence-corrected chi connectivity index (χ4v) is 4.18. The van der Waals surface area contributed by atoms with Gasteiger partial charge in [0.15, 0.2) is 0 Å². The summed E-state index contributed by atoms with van der Waals surface area (Å²) in [6.07, 6.45) is 7.62. The van der Waals surface area contributed by atoms with E-state index in [1.165, 1.54) is 54.2 Å². The minimum absolute atomic E-state index is 0.656. The van der Waals surface area contributed by atoms with Gasteiger partial charge in [-0.3, -0.25) is 0 Å². The summed E-state index contributed by atoms with van der Waals surface area (Å²) in [5, 5.41) is 1.25. The molecule has 1 saturated carbocycles. The number of H-pyrrole nitrogens is 1. The number of aryl methyl sites for hydroxylation is 1. The Bertz CT molecular complexity index is 763. The van der Waals surface area contributed by atoms with Crippen molar-refractivity contribution in [1.82, 2.24) is 4.98 Å². The molecule has 1 heterocycles. The van der Waals surface area contributed by atoms with Gasteiger partial charge in [-0.15, -0.1) is 0 Å². The van der Waals surface area contributed by atoms with E-state index in [0.29, 0.717) is 5.92 Å². The normalized spacial score (nSPS) is 21.5. The van der Waals surface area contributed by atoms with Gasteiger partial charge in [-0.25, -0.2) is 0 Å². The fourth-order valence-electron chi connectivity index (χ4n) is 3.87. The first-order chi connectivity index (χ1) is 11.1. The average Bonchev–Trinajstić information content (AvgIpc) is 2.60. The Hall–Kier alpha value is -1.41. The molecule has 1 nitrogen and oxygen atoms in total. The van der Waals surface area contributed by atoms with E-state index in [9.17, 15) is 0 Å². The Morgan fingerprint density at radius 3 is 2.57 bits per heavy atom. The summed E-state index contributed by atoms with van der Waals surface area (Å²) in [7, 11) is 0. The lowest BCUT2D eigenvalue weighted by atomic mass is 9.76. The molecule has 23 heavy (non-hydrogen) atoms. The molecule has 1 aromatic carbocycles. The van der Waals surface area contributed by atoms with Crippen LogP contribution in [0.5, 0.6) is 0 Å². The third kappa shape index (κ3) is 3.42. The molecular formula is C21H27NS. The molecule has 0 unspecified atom stereocenters. The minimum atomic E-state index is 0.656. The highest BCUT2D eigenvalue weighted by molar-refractivity contribution is 7.71. The summed E-state index contributed by atoms with van der Waals surface area (Å²) in [5.41, 5.74) is 4.96. The molecule has 3 rings (SSSR count). The lowest BCUT2D eigenvalue weighted by molar-refractivity contribution is 0.309. The van der Waals surface area contributed by atoms with Crippen molar-refractivity contribution in [1.29, 1.82) is 0 Å². The van der Waals surface area contributed by atoms with Gasteiger partial charge in [0.25, 0.3) is 0 Å². The van der Waals surface area contributed by atoms with Gasteiger partial charge < -0.3 is 4.98 Å².